The Bertz CT molecular complexity index is 195. The van der Waals surface area contributed by atoms with Crippen LogP contribution in [0.2, 0.25) is 0 Å². The first-order valence-electron chi connectivity index (χ1n) is 2.69. The maximum Gasteiger partial charge on any atom is 0.248 e. The van der Waals surface area contributed by atoms with Crippen molar-refractivity contribution in [1.82, 2.24) is 5.32 Å². The monoisotopic (exact) mass is 141 g/mol. The Hall–Kier alpha value is -0.700. The van der Waals surface area contributed by atoms with Gasteiger partial charge in [0.05, 0.1) is 4.99 Å². The summed E-state index contributed by atoms with van der Waals surface area (Å²) < 4.78 is 0. The molecular formula is C6H7NOS. The quantitative estimate of drug-likeness (QED) is 0.505. The highest BCUT2D eigenvalue weighted by atomic mass is 32.1. The molecule has 0 radical (unpaired) electrons. The minimum Gasteiger partial charge on any atom is -0.317 e. The van der Waals surface area contributed by atoms with Gasteiger partial charge >= 0.3 is 0 Å². The lowest BCUT2D eigenvalue weighted by atomic mass is 10.1. The molecule has 1 rings (SSSR count). The van der Waals surface area contributed by atoms with E-state index in [1.807, 2.05) is 6.92 Å². The van der Waals surface area contributed by atoms with Crippen molar-refractivity contribution >= 4 is 23.1 Å². The smallest absolute Gasteiger partial charge is 0.248 e. The molecular weight excluding hydrogens is 134 g/mol. The molecule has 1 heterocycles. The summed E-state index contributed by atoms with van der Waals surface area (Å²) in [5.74, 6) is -0.0937. The summed E-state index contributed by atoms with van der Waals surface area (Å²) in [6.07, 6.45) is 2.29. The van der Waals surface area contributed by atoms with Gasteiger partial charge in [-0.1, -0.05) is 17.8 Å². The Morgan fingerprint density at radius 2 is 2.44 bits per heavy atom. The number of thiocarbonyl (C=S) groups is 1. The van der Waals surface area contributed by atoms with Crippen LogP contribution < -0.4 is 5.32 Å². The Balaban J connectivity index is 2.79. The van der Waals surface area contributed by atoms with Gasteiger partial charge in [0.1, 0.15) is 0 Å². The van der Waals surface area contributed by atoms with E-state index in [2.05, 4.69) is 5.32 Å². The molecule has 0 aliphatic carbocycles. The topological polar surface area (TPSA) is 29.1 Å². The summed E-state index contributed by atoms with van der Waals surface area (Å²) in [5.41, 5.74) is 1.03. The van der Waals surface area contributed by atoms with E-state index in [-0.39, 0.29) is 5.91 Å². The Morgan fingerprint density at radius 3 is 2.89 bits per heavy atom. The van der Waals surface area contributed by atoms with Crippen LogP contribution in [0.3, 0.4) is 0 Å². The first-order chi connectivity index (χ1) is 4.18. The number of hydrogen-bond acceptors (Lipinski definition) is 2. The SMILES string of the molecule is CC1=CC(=O)NC(=S)C1. The van der Waals surface area contributed by atoms with Gasteiger partial charge in [-0.2, -0.15) is 0 Å². The first-order valence-corrected chi connectivity index (χ1v) is 3.10. The van der Waals surface area contributed by atoms with Crippen LogP contribution in [-0.2, 0) is 4.79 Å². The molecule has 0 spiro atoms. The fraction of sp³-hybridized carbons (Fsp3) is 0.333. The largest absolute Gasteiger partial charge is 0.317 e. The lowest BCUT2D eigenvalue weighted by Crippen LogP contribution is -2.31. The number of amides is 1. The molecule has 0 saturated heterocycles. The second kappa shape index (κ2) is 2.27. The second-order valence-corrected chi connectivity index (χ2v) is 2.57. The molecule has 0 saturated carbocycles. The van der Waals surface area contributed by atoms with E-state index in [0.717, 1.165) is 12.0 Å². The van der Waals surface area contributed by atoms with Crippen LogP contribution in [0.1, 0.15) is 13.3 Å². The molecule has 0 bridgehead atoms. The van der Waals surface area contributed by atoms with Crippen LogP contribution >= 0.6 is 12.2 Å². The highest BCUT2D eigenvalue weighted by Gasteiger charge is 2.08. The molecule has 1 aliphatic rings. The molecule has 1 aliphatic heterocycles. The van der Waals surface area contributed by atoms with Gasteiger partial charge in [-0.3, -0.25) is 4.79 Å². The number of carbonyl (C=O) groups is 1. The van der Waals surface area contributed by atoms with Gasteiger partial charge < -0.3 is 5.32 Å². The van der Waals surface area contributed by atoms with Crippen LogP contribution in [0.25, 0.3) is 0 Å². The molecule has 0 aromatic rings. The van der Waals surface area contributed by atoms with Crippen molar-refractivity contribution in [1.29, 1.82) is 0 Å². The van der Waals surface area contributed by atoms with Crippen molar-refractivity contribution in [2.45, 2.75) is 13.3 Å². The van der Waals surface area contributed by atoms with E-state index >= 15 is 0 Å². The van der Waals surface area contributed by atoms with Gasteiger partial charge in [0.15, 0.2) is 0 Å². The standard InChI is InChI=1S/C6H7NOS/c1-4-2-5(8)7-6(9)3-4/h2H,3H2,1H3,(H,7,8,9). The molecule has 1 N–H and O–H groups in total. The van der Waals surface area contributed by atoms with E-state index in [1.165, 1.54) is 0 Å². The molecule has 0 fully saturated rings. The molecule has 2 nitrogen and oxygen atoms in total. The van der Waals surface area contributed by atoms with Crippen molar-refractivity contribution in [2.75, 3.05) is 0 Å². The minimum atomic E-state index is -0.0937. The third-order valence-corrected chi connectivity index (χ3v) is 1.33. The first kappa shape index (κ1) is 6.42. The Kier molecular flexibility index (Phi) is 1.62. The predicted molar refractivity (Wildman–Crippen MR) is 39.1 cm³/mol. The molecule has 0 aromatic carbocycles. The molecule has 0 atom stereocenters. The number of hydrogen-bond donors (Lipinski definition) is 1. The zero-order valence-corrected chi connectivity index (χ0v) is 5.92. The summed E-state index contributed by atoms with van der Waals surface area (Å²) in [6, 6.07) is 0. The summed E-state index contributed by atoms with van der Waals surface area (Å²) in [6.45, 7) is 1.89. The highest BCUT2D eigenvalue weighted by Crippen LogP contribution is 2.04. The van der Waals surface area contributed by atoms with E-state index in [1.54, 1.807) is 6.08 Å². The van der Waals surface area contributed by atoms with Crippen molar-refractivity contribution in [3.8, 4) is 0 Å². The third-order valence-electron chi connectivity index (χ3n) is 1.08. The van der Waals surface area contributed by atoms with Crippen molar-refractivity contribution < 1.29 is 4.79 Å². The second-order valence-electron chi connectivity index (χ2n) is 2.08. The van der Waals surface area contributed by atoms with Crippen molar-refractivity contribution in [2.24, 2.45) is 0 Å². The van der Waals surface area contributed by atoms with Crippen LogP contribution in [-0.4, -0.2) is 10.9 Å². The number of carbonyl (C=O) groups excluding carboxylic acids is 1. The minimum absolute atomic E-state index is 0.0937. The predicted octanol–water partition coefficient (Wildman–Crippen LogP) is 0.780. The Morgan fingerprint density at radius 1 is 1.78 bits per heavy atom. The Labute approximate surface area is 58.9 Å². The van der Waals surface area contributed by atoms with Crippen LogP contribution in [0, 0.1) is 0 Å². The molecule has 9 heavy (non-hydrogen) atoms. The molecule has 0 aromatic heterocycles. The third kappa shape index (κ3) is 1.61. The van der Waals surface area contributed by atoms with Gasteiger partial charge in [0.2, 0.25) is 5.91 Å². The van der Waals surface area contributed by atoms with E-state index in [0.29, 0.717) is 4.99 Å². The van der Waals surface area contributed by atoms with Gasteiger partial charge in [-0.15, -0.1) is 0 Å². The molecule has 3 heteroatoms. The van der Waals surface area contributed by atoms with E-state index in [9.17, 15) is 4.79 Å². The maximum absolute atomic E-state index is 10.6. The fourth-order valence-corrected chi connectivity index (χ4v) is 1.07. The summed E-state index contributed by atoms with van der Waals surface area (Å²) in [7, 11) is 0. The van der Waals surface area contributed by atoms with Gasteiger partial charge in [-0.25, -0.2) is 0 Å². The zero-order chi connectivity index (χ0) is 6.85. The zero-order valence-electron chi connectivity index (χ0n) is 5.10. The molecule has 48 valence electrons. The summed E-state index contributed by atoms with van der Waals surface area (Å²) in [4.78, 5) is 11.2. The number of rotatable bonds is 0. The summed E-state index contributed by atoms with van der Waals surface area (Å²) in [5, 5.41) is 2.53. The van der Waals surface area contributed by atoms with Crippen LogP contribution in [0.5, 0.6) is 0 Å². The molecule has 1 amide bonds. The molecule has 0 unspecified atom stereocenters. The van der Waals surface area contributed by atoms with Crippen molar-refractivity contribution in [3.63, 3.8) is 0 Å². The van der Waals surface area contributed by atoms with Gasteiger partial charge in [0.25, 0.3) is 0 Å². The van der Waals surface area contributed by atoms with Crippen molar-refractivity contribution in [3.05, 3.63) is 11.6 Å². The average Bonchev–Trinajstić information content (AvgIpc) is 1.59. The van der Waals surface area contributed by atoms with E-state index < -0.39 is 0 Å². The number of nitrogens with one attached hydrogen (secondary N) is 1. The van der Waals surface area contributed by atoms with Gasteiger partial charge in [0, 0.05) is 12.5 Å². The summed E-state index contributed by atoms with van der Waals surface area (Å²) >= 11 is 4.79. The van der Waals surface area contributed by atoms with Crippen LogP contribution in [0.4, 0.5) is 0 Å². The van der Waals surface area contributed by atoms with Gasteiger partial charge in [-0.05, 0) is 6.92 Å². The maximum atomic E-state index is 10.6. The lowest BCUT2D eigenvalue weighted by Gasteiger charge is -2.09. The fourth-order valence-electron chi connectivity index (χ4n) is 0.746. The normalized spacial score (nSPS) is 19.0. The highest BCUT2D eigenvalue weighted by molar-refractivity contribution is 7.80. The van der Waals surface area contributed by atoms with Crippen LogP contribution in [0.15, 0.2) is 11.6 Å². The van der Waals surface area contributed by atoms with E-state index in [4.69, 9.17) is 12.2 Å². The average molecular weight is 141 g/mol. The lowest BCUT2D eigenvalue weighted by molar-refractivity contribution is -0.115.